The molecule has 2 heterocycles. The maximum atomic E-state index is 5.42. The van der Waals surface area contributed by atoms with Crippen LogP contribution in [0.1, 0.15) is 5.56 Å². The Kier molecular flexibility index (Phi) is 5.98. The lowest BCUT2D eigenvalue weighted by atomic mass is 10.2. The van der Waals surface area contributed by atoms with Gasteiger partial charge in [-0.1, -0.05) is 30.3 Å². The molecule has 0 N–H and O–H groups in total. The van der Waals surface area contributed by atoms with Crippen molar-refractivity contribution >= 4 is 11.6 Å². The number of benzene rings is 1. The second-order valence-corrected chi connectivity index (χ2v) is 5.73. The first-order chi connectivity index (χ1) is 11.9. The van der Waals surface area contributed by atoms with Crippen LogP contribution in [-0.4, -0.2) is 56.5 Å². The van der Waals surface area contributed by atoms with Crippen LogP contribution in [-0.2, 0) is 16.0 Å². The maximum absolute atomic E-state index is 5.42. The molecule has 2 aromatic rings. The number of hydrogen-bond donors (Lipinski definition) is 0. The molecule has 24 heavy (non-hydrogen) atoms. The van der Waals surface area contributed by atoms with Gasteiger partial charge in [0.05, 0.1) is 19.8 Å². The molecule has 0 unspecified atom stereocenters. The van der Waals surface area contributed by atoms with Crippen molar-refractivity contribution in [1.82, 2.24) is 9.97 Å². The molecule has 0 bridgehead atoms. The average molecular weight is 328 g/mol. The molecule has 1 aliphatic heterocycles. The number of morpholine rings is 1. The van der Waals surface area contributed by atoms with E-state index in [4.69, 9.17) is 9.47 Å². The number of anilines is 2. The molecule has 0 atom stereocenters. The number of nitrogens with zero attached hydrogens (tertiary/aromatic N) is 4. The van der Waals surface area contributed by atoms with E-state index >= 15 is 0 Å². The molecule has 0 amide bonds. The first-order valence-corrected chi connectivity index (χ1v) is 8.29. The predicted molar refractivity (Wildman–Crippen MR) is 94.4 cm³/mol. The van der Waals surface area contributed by atoms with E-state index in [9.17, 15) is 0 Å². The SMILES string of the molecule is COCCN(Cc1ccccc1)c1cc(N2CCOCC2)ncn1. The topological polar surface area (TPSA) is 50.7 Å². The van der Waals surface area contributed by atoms with Gasteiger partial charge in [-0.2, -0.15) is 0 Å². The molecule has 0 radical (unpaired) electrons. The Morgan fingerprint density at radius 3 is 2.71 bits per heavy atom. The molecule has 1 aromatic heterocycles. The molecule has 0 aliphatic carbocycles. The van der Waals surface area contributed by atoms with E-state index in [-0.39, 0.29) is 0 Å². The van der Waals surface area contributed by atoms with Crippen molar-refractivity contribution in [3.8, 4) is 0 Å². The number of hydrogen-bond acceptors (Lipinski definition) is 6. The minimum absolute atomic E-state index is 0.656. The molecule has 6 heteroatoms. The number of methoxy groups -OCH3 is 1. The first kappa shape index (κ1) is 16.7. The summed E-state index contributed by atoms with van der Waals surface area (Å²) in [5.74, 6) is 1.88. The second-order valence-electron chi connectivity index (χ2n) is 5.73. The summed E-state index contributed by atoms with van der Waals surface area (Å²) in [6.07, 6.45) is 1.64. The molecule has 128 valence electrons. The highest BCUT2D eigenvalue weighted by Gasteiger charge is 2.15. The van der Waals surface area contributed by atoms with Gasteiger partial charge in [0, 0.05) is 39.4 Å². The summed E-state index contributed by atoms with van der Waals surface area (Å²) >= 11 is 0. The Balaban J connectivity index is 1.78. The Hall–Kier alpha value is -2.18. The second kappa shape index (κ2) is 8.61. The normalized spacial score (nSPS) is 14.6. The van der Waals surface area contributed by atoms with Gasteiger partial charge < -0.3 is 19.3 Å². The molecule has 1 saturated heterocycles. The lowest BCUT2D eigenvalue weighted by molar-refractivity contribution is 0.122. The van der Waals surface area contributed by atoms with E-state index in [1.54, 1.807) is 13.4 Å². The summed E-state index contributed by atoms with van der Waals surface area (Å²) in [5.41, 5.74) is 1.25. The number of rotatable bonds is 7. The van der Waals surface area contributed by atoms with Crippen molar-refractivity contribution < 1.29 is 9.47 Å². The van der Waals surface area contributed by atoms with Crippen LogP contribution < -0.4 is 9.80 Å². The minimum Gasteiger partial charge on any atom is -0.383 e. The van der Waals surface area contributed by atoms with Crippen LogP contribution in [0.25, 0.3) is 0 Å². The van der Waals surface area contributed by atoms with Crippen LogP contribution in [0.2, 0.25) is 0 Å². The molecule has 3 rings (SSSR count). The fourth-order valence-corrected chi connectivity index (χ4v) is 2.76. The van der Waals surface area contributed by atoms with E-state index in [1.165, 1.54) is 5.56 Å². The molecule has 1 aliphatic rings. The molecule has 6 nitrogen and oxygen atoms in total. The van der Waals surface area contributed by atoms with Gasteiger partial charge in [0.15, 0.2) is 0 Å². The quantitative estimate of drug-likeness (QED) is 0.774. The van der Waals surface area contributed by atoms with Gasteiger partial charge in [0.2, 0.25) is 0 Å². The van der Waals surface area contributed by atoms with Crippen molar-refractivity contribution in [3.63, 3.8) is 0 Å². The maximum Gasteiger partial charge on any atom is 0.134 e. The van der Waals surface area contributed by atoms with E-state index in [1.807, 2.05) is 6.07 Å². The third kappa shape index (κ3) is 4.43. The van der Waals surface area contributed by atoms with Gasteiger partial charge >= 0.3 is 0 Å². The highest BCUT2D eigenvalue weighted by Crippen LogP contribution is 2.20. The molecule has 0 saturated carbocycles. The standard InChI is InChI=1S/C18H24N4O2/c1-23-10-7-22(14-16-5-3-2-4-6-16)18-13-17(19-15-20-18)21-8-11-24-12-9-21/h2-6,13,15H,7-12,14H2,1H3. The van der Waals surface area contributed by atoms with Gasteiger partial charge in [-0.15, -0.1) is 0 Å². The van der Waals surface area contributed by atoms with Crippen LogP contribution in [0.15, 0.2) is 42.7 Å². The van der Waals surface area contributed by atoms with E-state index in [0.29, 0.717) is 6.61 Å². The van der Waals surface area contributed by atoms with Crippen LogP contribution in [0.3, 0.4) is 0 Å². The number of ether oxygens (including phenoxy) is 2. The van der Waals surface area contributed by atoms with Gasteiger partial charge in [0.25, 0.3) is 0 Å². The van der Waals surface area contributed by atoms with Crippen molar-refractivity contribution in [3.05, 3.63) is 48.3 Å². The zero-order valence-corrected chi connectivity index (χ0v) is 14.1. The van der Waals surface area contributed by atoms with Crippen molar-refractivity contribution in [2.45, 2.75) is 6.54 Å². The van der Waals surface area contributed by atoms with Gasteiger partial charge in [-0.25, -0.2) is 9.97 Å². The van der Waals surface area contributed by atoms with Gasteiger partial charge in [-0.3, -0.25) is 0 Å². The largest absolute Gasteiger partial charge is 0.383 e. The molecule has 1 aromatic carbocycles. The fraction of sp³-hybridized carbons (Fsp3) is 0.444. The lowest BCUT2D eigenvalue weighted by Crippen LogP contribution is -2.37. The highest BCUT2D eigenvalue weighted by molar-refractivity contribution is 5.50. The third-order valence-electron chi connectivity index (χ3n) is 4.08. The lowest BCUT2D eigenvalue weighted by Gasteiger charge is -2.29. The summed E-state index contributed by atoms with van der Waals surface area (Å²) in [5, 5.41) is 0. The van der Waals surface area contributed by atoms with Gasteiger partial charge in [0.1, 0.15) is 18.0 Å². The third-order valence-corrected chi connectivity index (χ3v) is 4.08. The molecular formula is C18H24N4O2. The zero-order valence-electron chi connectivity index (χ0n) is 14.1. The smallest absolute Gasteiger partial charge is 0.134 e. The highest BCUT2D eigenvalue weighted by atomic mass is 16.5. The summed E-state index contributed by atoms with van der Waals surface area (Å²) in [7, 11) is 1.72. The monoisotopic (exact) mass is 328 g/mol. The van der Waals surface area contributed by atoms with Crippen LogP contribution >= 0.6 is 0 Å². The summed E-state index contributed by atoms with van der Waals surface area (Å²) < 4.78 is 10.7. The summed E-state index contributed by atoms with van der Waals surface area (Å²) in [6.45, 7) is 5.46. The average Bonchev–Trinajstić information content (AvgIpc) is 2.67. The molecule has 0 spiro atoms. The summed E-state index contributed by atoms with van der Waals surface area (Å²) in [4.78, 5) is 13.4. The number of aromatic nitrogens is 2. The minimum atomic E-state index is 0.656. The van der Waals surface area contributed by atoms with Crippen LogP contribution in [0, 0.1) is 0 Å². The van der Waals surface area contributed by atoms with Crippen molar-refractivity contribution in [1.29, 1.82) is 0 Å². The summed E-state index contributed by atoms with van der Waals surface area (Å²) in [6, 6.07) is 12.5. The Bertz CT molecular complexity index is 617. The zero-order chi connectivity index (χ0) is 16.6. The first-order valence-electron chi connectivity index (χ1n) is 8.29. The van der Waals surface area contributed by atoms with Crippen LogP contribution in [0.4, 0.5) is 11.6 Å². The van der Waals surface area contributed by atoms with Crippen molar-refractivity contribution in [2.75, 3.05) is 56.4 Å². The van der Waals surface area contributed by atoms with Crippen LogP contribution in [0.5, 0.6) is 0 Å². The van der Waals surface area contributed by atoms with E-state index in [2.05, 4.69) is 50.1 Å². The Labute approximate surface area is 143 Å². The fourth-order valence-electron chi connectivity index (χ4n) is 2.76. The Morgan fingerprint density at radius 1 is 1.17 bits per heavy atom. The molecular weight excluding hydrogens is 304 g/mol. The van der Waals surface area contributed by atoms with E-state index < -0.39 is 0 Å². The van der Waals surface area contributed by atoms with E-state index in [0.717, 1.165) is 51.0 Å². The Morgan fingerprint density at radius 2 is 1.96 bits per heavy atom. The molecule has 1 fully saturated rings. The van der Waals surface area contributed by atoms with Gasteiger partial charge in [-0.05, 0) is 5.56 Å². The van der Waals surface area contributed by atoms with Crippen molar-refractivity contribution in [2.24, 2.45) is 0 Å². The predicted octanol–water partition coefficient (Wildman–Crippen LogP) is 1.97.